The van der Waals surface area contributed by atoms with Crippen molar-refractivity contribution in [2.24, 2.45) is 11.7 Å². The summed E-state index contributed by atoms with van der Waals surface area (Å²) in [6.45, 7) is 2.19. The molecule has 3 nitrogen and oxygen atoms in total. The molecule has 1 saturated carbocycles. The van der Waals surface area contributed by atoms with Gasteiger partial charge in [-0.3, -0.25) is 4.79 Å². The van der Waals surface area contributed by atoms with Gasteiger partial charge in [0, 0.05) is 5.54 Å². The zero-order valence-electron chi connectivity index (χ0n) is 8.51. The summed E-state index contributed by atoms with van der Waals surface area (Å²) >= 11 is 0. The summed E-state index contributed by atoms with van der Waals surface area (Å²) in [6, 6.07) is 0. The largest absolute Gasteiger partial charge is 0.469 e. The van der Waals surface area contributed by atoms with Crippen LogP contribution in [0.5, 0.6) is 0 Å². The van der Waals surface area contributed by atoms with Crippen LogP contribution in [0.15, 0.2) is 0 Å². The van der Waals surface area contributed by atoms with E-state index >= 15 is 0 Å². The molecule has 0 bridgehead atoms. The van der Waals surface area contributed by atoms with Gasteiger partial charge in [-0.2, -0.15) is 0 Å². The van der Waals surface area contributed by atoms with E-state index in [9.17, 15) is 4.79 Å². The van der Waals surface area contributed by atoms with Crippen LogP contribution < -0.4 is 5.73 Å². The van der Waals surface area contributed by atoms with E-state index in [2.05, 4.69) is 11.7 Å². The number of ether oxygens (including phenoxy) is 1. The molecule has 3 heteroatoms. The van der Waals surface area contributed by atoms with Crippen molar-refractivity contribution in [1.29, 1.82) is 0 Å². The van der Waals surface area contributed by atoms with Crippen molar-refractivity contribution in [3.05, 3.63) is 0 Å². The van der Waals surface area contributed by atoms with Gasteiger partial charge >= 0.3 is 5.97 Å². The first-order chi connectivity index (χ1) is 6.06. The van der Waals surface area contributed by atoms with Crippen molar-refractivity contribution >= 4 is 5.97 Å². The molecular formula is C10H19NO2. The van der Waals surface area contributed by atoms with Gasteiger partial charge in [-0.25, -0.2) is 0 Å². The Morgan fingerprint density at radius 1 is 1.69 bits per heavy atom. The predicted molar refractivity (Wildman–Crippen MR) is 51.2 cm³/mol. The molecule has 1 aliphatic rings. The third kappa shape index (κ3) is 2.99. The van der Waals surface area contributed by atoms with Gasteiger partial charge in [0.1, 0.15) is 0 Å². The smallest absolute Gasteiger partial charge is 0.307 e. The van der Waals surface area contributed by atoms with Crippen LogP contribution in [-0.4, -0.2) is 18.6 Å². The van der Waals surface area contributed by atoms with Crippen LogP contribution in [0.4, 0.5) is 0 Å². The van der Waals surface area contributed by atoms with Gasteiger partial charge in [0.25, 0.3) is 0 Å². The second-order valence-corrected chi connectivity index (χ2v) is 4.32. The average Bonchev–Trinajstić information content (AvgIpc) is 2.02. The molecule has 2 N–H and O–H groups in total. The Morgan fingerprint density at radius 3 is 2.92 bits per heavy atom. The monoisotopic (exact) mass is 185 g/mol. The molecule has 0 aliphatic heterocycles. The molecule has 0 aromatic heterocycles. The quantitative estimate of drug-likeness (QED) is 0.662. The first-order valence-corrected chi connectivity index (χ1v) is 4.91. The zero-order valence-corrected chi connectivity index (χ0v) is 8.51. The van der Waals surface area contributed by atoms with Crippen molar-refractivity contribution in [1.82, 2.24) is 0 Å². The number of carbonyl (C=O) groups is 1. The molecule has 2 unspecified atom stereocenters. The number of rotatable bonds is 2. The minimum absolute atomic E-state index is 0.184. The van der Waals surface area contributed by atoms with Crippen molar-refractivity contribution in [2.45, 2.75) is 44.6 Å². The van der Waals surface area contributed by atoms with E-state index in [1.165, 1.54) is 13.5 Å². The van der Waals surface area contributed by atoms with Crippen LogP contribution in [-0.2, 0) is 9.53 Å². The van der Waals surface area contributed by atoms with Gasteiger partial charge in [0.2, 0.25) is 0 Å². The molecule has 1 rings (SSSR count). The summed E-state index contributed by atoms with van der Waals surface area (Å²) in [5.74, 6) is 0.458. The van der Waals surface area contributed by atoms with Crippen LogP contribution in [0.1, 0.15) is 39.0 Å². The maximum atomic E-state index is 11.1. The number of esters is 1. The van der Waals surface area contributed by atoms with E-state index in [0.29, 0.717) is 12.3 Å². The SMILES string of the molecule is COC(=O)CC1(N)CCCC(C)C1. The van der Waals surface area contributed by atoms with Crippen molar-refractivity contribution in [3.8, 4) is 0 Å². The van der Waals surface area contributed by atoms with E-state index in [1.807, 2.05) is 0 Å². The fraction of sp³-hybridized carbons (Fsp3) is 0.900. The Labute approximate surface area is 79.6 Å². The highest BCUT2D eigenvalue weighted by molar-refractivity contribution is 5.70. The Hall–Kier alpha value is -0.570. The molecule has 0 aromatic carbocycles. The minimum Gasteiger partial charge on any atom is -0.469 e. The number of nitrogens with two attached hydrogens (primary N) is 1. The normalized spacial score (nSPS) is 34.2. The highest BCUT2D eigenvalue weighted by atomic mass is 16.5. The minimum atomic E-state index is -0.301. The van der Waals surface area contributed by atoms with Crippen LogP contribution in [0.25, 0.3) is 0 Å². The van der Waals surface area contributed by atoms with Crippen molar-refractivity contribution in [3.63, 3.8) is 0 Å². The number of hydrogen-bond acceptors (Lipinski definition) is 3. The standard InChI is InChI=1S/C10H19NO2/c1-8-4-3-5-10(11,6-8)7-9(12)13-2/h8H,3-7,11H2,1-2H3. The third-order valence-electron chi connectivity index (χ3n) is 2.85. The average molecular weight is 185 g/mol. The number of hydrogen-bond donors (Lipinski definition) is 1. The second kappa shape index (κ2) is 4.09. The number of carbonyl (C=O) groups excluding carboxylic acids is 1. The van der Waals surface area contributed by atoms with E-state index in [-0.39, 0.29) is 11.5 Å². The predicted octanol–water partition coefficient (Wildman–Crippen LogP) is 1.46. The molecule has 1 fully saturated rings. The van der Waals surface area contributed by atoms with Gasteiger partial charge in [0.05, 0.1) is 13.5 Å². The summed E-state index contributed by atoms with van der Waals surface area (Å²) in [7, 11) is 1.41. The van der Waals surface area contributed by atoms with E-state index < -0.39 is 0 Å². The molecule has 0 radical (unpaired) electrons. The highest BCUT2D eigenvalue weighted by Crippen LogP contribution is 2.32. The van der Waals surface area contributed by atoms with Crippen LogP contribution in [0.3, 0.4) is 0 Å². The lowest BCUT2D eigenvalue weighted by Crippen LogP contribution is -2.45. The lowest BCUT2D eigenvalue weighted by atomic mass is 9.75. The Kier molecular flexibility index (Phi) is 3.31. The molecule has 76 valence electrons. The summed E-state index contributed by atoms with van der Waals surface area (Å²) in [6.07, 6.45) is 4.64. The Morgan fingerprint density at radius 2 is 2.38 bits per heavy atom. The first kappa shape index (κ1) is 10.5. The Balaban J connectivity index is 2.49. The van der Waals surface area contributed by atoms with E-state index in [4.69, 9.17) is 5.73 Å². The van der Waals surface area contributed by atoms with Crippen molar-refractivity contribution in [2.75, 3.05) is 7.11 Å². The molecular weight excluding hydrogens is 166 g/mol. The fourth-order valence-corrected chi connectivity index (χ4v) is 2.22. The van der Waals surface area contributed by atoms with E-state index in [0.717, 1.165) is 19.3 Å². The van der Waals surface area contributed by atoms with Crippen LogP contribution >= 0.6 is 0 Å². The van der Waals surface area contributed by atoms with Crippen LogP contribution in [0.2, 0.25) is 0 Å². The summed E-state index contributed by atoms with van der Waals surface area (Å²) in [5, 5.41) is 0. The van der Waals surface area contributed by atoms with Gasteiger partial charge in [0.15, 0.2) is 0 Å². The maximum Gasteiger partial charge on any atom is 0.307 e. The summed E-state index contributed by atoms with van der Waals surface area (Å²) < 4.78 is 4.63. The molecule has 0 heterocycles. The lowest BCUT2D eigenvalue weighted by Gasteiger charge is -2.35. The van der Waals surface area contributed by atoms with Crippen molar-refractivity contribution < 1.29 is 9.53 Å². The highest BCUT2D eigenvalue weighted by Gasteiger charge is 2.33. The second-order valence-electron chi connectivity index (χ2n) is 4.32. The lowest BCUT2D eigenvalue weighted by molar-refractivity contribution is -0.142. The van der Waals surface area contributed by atoms with Crippen LogP contribution in [0, 0.1) is 5.92 Å². The first-order valence-electron chi connectivity index (χ1n) is 4.91. The topological polar surface area (TPSA) is 52.3 Å². The molecule has 0 saturated heterocycles. The van der Waals surface area contributed by atoms with Gasteiger partial charge in [-0.05, 0) is 18.8 Å². The summed E-state index contributed by atoms with van der Waals surface area (Å²) in [4.78, 5) is 11.1. The maximum absolute atomic E-state index is 11.1. The van der Waals surface area contributed by atoms with E-state index in [1.54, 1.807) is 0 Å². The molecule has 13 heavy (non-hydrogen) atoms. The van der Waals surface area contributed by atoms with Gasteiger partial charge < -0.3 is 10.5 Å². The van der Waals surface area contributed by atoms with Gasteiger partial charge in [-0.1, -0.05) is 19.8 Å². The molecule has 0 amide bonds. The fourth-order valence-electron chi connectivity index (χ4n) is 2.22. The molecule has 0 aromatic rings. The number of methoxy groups -OCH3 is 1. The Bertz CT molecular complexity index is 193. The molecule has 2 atom stereocenters. The van der Waals surface area contributed by atoms with Gasteiger partial charge in [-0.15, -0.1) is 0 Å². The third-order valence-corrected chi connectivity index (χ3v) is 2.85. The summed E-state index contributed by atoms with van der Waals surface area (Å²) in [5.41, 5.74) is 5.82. The molecule has 1 aliphatic carbocycles. The zero-order chi connectivity index (χ0) is 9.90. The molecule has 0 spiro atoms.